The van der Waals surface area contributed by atoms with Crippen LogP contribution in [-0.4, -0.2) is 169 Å². The van der Waals surface area contributed by atoms with Gasteiger partial charge in [-0.25, -0.2) is 0 Å². The topological polar surface area (TPSA) is 191 Å². The van der Waals surface area contributed by atoms with E-state index in [1.54, 1.807) is 42.7 Å². The van der Waals surface area contributed by atoms with Crippen molar-refractivity contribution < 1.29 is 68.2 Å². The third-order valence-electron chi connectivity index (χ3n) is 12.3. The summed E-state index contributed by atoms with van der Waals surface area (Å²) in [5, 5.41) is 47.2. The normalized spacial score (nSPS) is 25.5. The van der Waals surface area contributed by atoms with Crippen LogP contribution in [0.25, 0.3) is 0 Å². The summed E-state index contributed by atoms with van der Waals surface area (Å²) in [6.45, 7) is 16.6. The van der Waals surface area contributed by atoms with Crippen LogP contribution in [-0.2, 0) is 42.6 Å². The van der Waals surface area contributed by atoms with E-state index in [1.165, 1.54) is 7.11 Å². The molecule has 2 saturated heterocycles. The van der Waals surface area contributed by atoms with Gasteiger partial charge in [0.25, 0.3) is 0 Å². The lowest BCUT2D eigenvalue weighted by atomic mass is 9.91. The SMILES string of the molecule is CCC(OC)C(C)C1OC1C(O)C(C)/C=C/C=C(\C)CC(OC)C(CCO)OC.CCC(OC)C(C)C1OC1C(O)C(C)/C=C/C=C(\C)C[C@H](OC)C(C[C@@H](O)OC)OC.CO. The number of allylic oxidation sites excluding steroid dienone is 4. The van der Waals surface area contributed by atoms with Crippen molar-refractivity contribution >= 4 is 0 Å². The van der Waals surface area contributed by atoms with E-state index in [9.17, 15) is 15.3 Å². The number of ether oxygens (including phenoxy) is 9. The van der Waals surface area contributed by atoms with Crippen molar-refractivity contribution in [2.24, 2.45) is 23.7 Å². The molecule has 5 N–H and O–H groups in total. The summed E-state index contributed by atoms with van der Waals surface area (Å²) in [6, 6.07) is 0. The molecule has 15 unspecified atom stereocenters. The van der Waals surface area contributed by atoms with E-state index in [2.05, 4.69) is 27.7 Å². The van der Waals surface area contributed by atoms with Crippen molar-refractivity contribution in [3.05, 3.63) is 47.6 Å². The number of aliphatic hydroxyl groups excluding tert-OH is 5. The molecule has 0 radical (unpaired) electrons. The Balaban J connectivity index is 0.00000116. The van der Waals surface area contributed by atoms with Crippen LogP contribution in [0.1, 0.15) is 93.9 Å². The van der Waals surface area contributed by atoms with E-state index in [-0.39, 0.29) is 91.3 Å². The maximum absolute atomic E-state index is 10.7. The Morgan fingerprint density at radius 1 is 0.532 bits per heavy atom. The molecule has 0 saturated carbocycles. The molecule has 62 heavy (non-hydrogen) atoms. The molecule has 17 atom stereocenters. The van der Waals surface area contributed by atoms with Crippen LogP contribution < -0.4 is 0 Å². The fourth-order valence-corrected chi connectivity index (χ4v) is 8.00. The van der Waals surface area contributed by atoms with Gasteiger partial charge in [-0.05, 0) is 46.0 Å². The van der Waals surface area contributed by atoms with E-state index in [0.29, 0.717) is 19.3 Å². The van der Waals surface area contributed by atoms with Crippen LogP contribution in [0.4, 0.5) is 0 Å². The highest BCUT2D eigenvalue weighted by Crippen LogP contribution is 2.38. The van der Waals surface area contributed by atoms with Gasteiger partial charge >= 0.3 is 0 Å². The minimum Gasteiger partial charge on any atom is -0.400 e. The summed E-state index contributed by atoms with van der Waals surface area (Å²) in [7, 11) is 12.4. The number of epoxide rings is 2. The molecule has 2 heterocycles. The largest absolute Gasteiger partial charge is 0.400 e. The van der Waals surface area contributed by atoms with Gasteiger partial charge in [-0.3, -0.25) is 0 Å². The molecular formula is C48H90O14. The lowest BCUT2D eigenvalue weighted by Gasteiger charge is -2.26. The fraction of sp³-hybridized carbons (Fsp3) is 0.833. The molecule has 2 aliphatic heterocycles. The van der Waals surface area contributed by atoms with Gasteiger partial charge in [-0.1, -0.05) is 89.1 Å². The van der Waals surface area contributed by atoms with Crippen molar-refractivity contribution in [2.75, 3.05) is 63.5 Å². The second kappa shape index (κ2) is 33.8. The first-order valence-electron chi connectivity index (χ1n) is 22.4. The standard InChI is InChI=1S/C24H44O7.C23H42O6.CH4O/c1-9-18(27-5)17(4)23-24(31-23)22(26)16(3)12-10-11-15(2)13-19(28-6)20(29-7)14-21(25)30-8;1-8-18(26-5)17(4)22-23(29-22)21(25)16(3)11-9-10-15(2)14-20(28-7)19(27-6)12-13-24;1-2/h10-12,16-26H,9,13-14H2,1-8H3;9-11,16-25H,8,12-14H2,1-7H3;2H,1H3/b12-10+,15-11+;11-9+,15-10+;/t16?,17?,18?,19-,20?,21-,22?,23?,24?;;/m0../s1. The van der Waals surface area contributed by atoms with Gasteiger partial charge in [0.05, 0.1) is 61.0 Å². The van der Waals surface area contributed by atoms with Crippen molar-refractivity contribution in [2.45, 2.75) is 173 Å². The molecule has 0 aromatic carbocycles. The van der Waals surface area contributed by atoms with Gasteiger partial charge in [0.15, 0.2) is 6.29 Å². The smallest absolute Gasteiger partial charge is 0.156 e. The van der Waals surface area contributed by atoms with E-state index in [0.717, 1.165) is 37.5 Å². The molecule has 2 rings (SSSR count). The lowest BCUT2D eigenvalue weighted by Crippen LogP contribution is -2.34. The molecule has 0 aromatic heterocycles. The van der Waals surface area contributed by atoms with E-state index < -0.39 is 18.5 Å². The Labute approximate surface area is 375 Å². The van der Waals surface area contributed by atoms with Gasteiger partial charge in [0, 0.05) is 93.6 Å². The second-order valence-corrected chi connectivity index (χ2v) is 16.7. The van der Waals surface area contributed by atoms with Crippen molar-refractivity contribution in [3.63, 3.8) is 0 Å². The fourth-order valence-electron chi connectivity index (χ4n) is 8.00. The van der Waals surface area contributed by atoms with E-state index in [1.807, 2.05) is 64.2 Å². The minimum absolute atomic E-state index is 0.0109. The molecular weight excluding hydrogens is 801 g/mol. The summed E-state index contributed by atoms with van der Waals surface area (Å²) in [5.74, 6) is 0.477. The number of hydrogen-bond acceptors (Lipinski definition) is 14. The van der Waals surface area contributed by atoms with Crippen molar-refractivity contribution in [3.8, 4) is 0 Å². The summed E-state index contributed by atoms with van der Waals surface area (Å²) in [5.41, 5.74) is 2.26. The molecule has 366 valence electrons. The van der Waals surface area contributed by atoms with Crippen LogP contribution in [0, 0.1) is 23.7 Å². The van der Waals surface area contributed by atoms with Crippen LogP contribution in [0.3, 0.4) is 0 Å². The monoisotopic (exact) mass is 891 g/mol. The second-order valence-electron chi connectivity index (χ2n) is 16.7. The number of methoxy groups -OCH3 is 7. The van der Waals surface area contributed by atoms with Gasteiger partial charge in [0.1, 0.15) is 12.2 Å². The summed E-state index contributed by atoms with van der Waals surface area (Å²) >= 11 is 0. The Bertz CT molecular complexity index is 1240. The first kappa shape index (κ1) is 60.4. The molecule has 0 spiro atoms. The maximum atomic E-state index is 10.7. The first-order chi connectivity index (χ1) is 29.6. The van der Waals surface area contributed by atoms with Gasteiger partial charge in [-0.15, -0.1) is 0 Å². The molecule has 14 heteroatoms. The van der Waals surface area contributed by atoms with Crippen molar-refractivity contribution in [1.29, 1.82) is 0 Å². The molecule has 0 amide bonds. The number of aliphatic hydroxyl groups is 5. The highest BCUT2D eigenvalue weighted by atomic mass is 16.6. The van der Waals surface area contributed by atoms with E-state index in [4.69, 9.17) is 52.8 Å². The quantitative estimate of drug-likeness (QED) is 0.0318. The predicted molar refractivity (Wildman–Crippen MR) is 244 cm³/mol. The van der Waals surface area contributed by atoms with Crippen LogP contribution in [0.2, 0.25) is 0 Å². The third-order valence-corrected chi connectivity index (χ3v) is 12.3. The average Bonchev–Trinajstić information content (AvgIpc) is 4.22. The molecule has 0 aromatic rings. The summed E-state index contributed by atoms with van der Waals surface area (Å²) in [4.78, 5) is 0. The molecule has 2 aliphatic rings. The van der Waals surface area contributed by atoms with Crippen LogP contribution >= 0.6 is 0 Å². The molecule has 0 bridgehead atoms. The highest BCUT2D eigenvalue weighted by Gasteiger charge is 2.51. The number of rotatable bonds is 31. The summed E-state index contributed by atoms with van der Waals surface area (Å²) < 4.78 is 49.5. The Hall–Kier alpha value is -1.60. The van der Waals surface area contributed by atoms with Crippen LogP contribution in [0.5, 0.6) is 0 Å². The summed E-state index contributed by atoms with van der Waals surface area (Å²) in [6.07, 6.45) is 13.6. The lowest BCUT2D eigenvalue weighted by molar-refractivity contribution is -0.126. The average molecular weight is 891 g/mol. The Morgan fingerprint density at radius 2 is 0.887 bits per heavy atom. The van der Waals surface area contributed by atoms with E-state index >= 15 is 0 Å². The zero-order chi connectivity index (χ0) is 47.5. The highest BCUT2D eigenvalue weighted by molar-refractivity contribution is 5.15. The minimum atomic E-state index is -0.887. The Morgan fingerprint density at radius 3 is 1.19 bits per heavy atom. The Kier molecular flexibility index (Phi) is 32.9. The van der Waals surface area contributed by atoms with Crippen molar-refractivity contribution in [1.82, 2.24) is 0 Å². The molecule has 0 aliphatic carbocycles. The third kappa shape index (κ3) is 21.1. The first-order valence-corrected chi connectivity index (χ1v) is 22.4. The molecule has 2 fully saturated rings. The van der Waals surface area contributed by atoms with Gasteiger partial charge in [-0.2, -0.15) is 0 Å². The van der Waals surface area contributed by atoms with Gasteiger partial charge < -0.3 is 68.2 Å². The number of hydrogen-bond donors (Lipinski definition) is 5. The van der Waals surface area contributed by atoms with Gasteiger partial charge in [0.2, 0.25) is 0 Å². The maximum Gasteiger partial charge on any atom is 0.156 e. The predicted octanol–water partition coefficient (Wildman–Crippen LogP) is 5.81. The zero-order valence-corrected chi connectivity index (χ0v) is 41.1. The zero-order valence-electron chi connectivity index (χ0n) is 41.1. The van der Waals surface area contributed by atoms with Crippen LogP contribution in [0.15, 0.2) is 47.6 Å². The molecule has 14 nitrogen and oxygen atoms in total.